The van der Waals surface area contributed by atoms with Gasteiger partial charge in [0.2, 0.25) is 8.32 Å². The molecular weight excluding hydrogens is 256 g/mol. The Morgan fingerprint density at radius 1 is 0.778 bits per heavy atom. The second-order valence-electron chi connectivity index (χ2n) is 6.80. The Labute approximate surface area is 117 Å². The molecule has 0 aliphatic heterocycles. The van der Waals surface area contributed by atoms with Gasteiger partial charge in [-0.05, 0) is 36.6 Å². The maximum absolute atomic E-state index is 6.61. The van der Waals surface area contributed by atoms with Gasteiger partial charge in [-0.1, -0.05) is 41.5 Å². The van der Waals surface area contributed by atoms with E-state index in [1.54, 1.807) is 0 Å². The fourth-order valence-electron chi connectivity index (χ4n) is 3.23. The summed E-state index contributed by atoms with van der Waals surface area (Å²) in [5, 5.41) is 0. The largest absolute Gasteiger partial charge is 0.416 e. The van der Waals surface area contributed by atoms with Crippen LogP contribution in [-0.2, 0) is 8.85 Å². The fraction of sp³-hybridized carbons (Fsp3) is 1.00. The molecule has 18 heavy (non-hydrogen) atoms. The van der Waals surface area contributed by atoms with Crippen molar-refractivity contribution < 1.29 is 8.85 Å². The highest BCUT2D eigenvalue weighted by atomic mass is 28.4. The highest BCUT2D eigenvalue weighted by molar-refractivity contribution is 6.79. The van der Waals surface area contributed by atoms with E-state index >= 15 is 0 Å². The van der Waals surface area contributed by atoms with Crippen LogP contribution in [0.3, 0.4) is 0 Å². The van der Waals surface area contributed by atoms with Crippen LogP contribution in [-0.4, -0.2) is 29.5 Å². The first kappa shape index (κ1) is 18.4. The van der Waals surface area contributed by atoms with Crippen molar-refractivity contribution in [2.45, 2.75) is 78.2 Å². The van der Waals surface area contributed by atoms with Crippen LogP contribution in [0.2, 0.25) is 29.7 Å². The lowest BCUT2D eigenvalue weighted by Gasteiger charge is -2.43. The molecule has 0 aromatic rings. The van der Waals surface area contributed by atoms with Gasteiger partial charge in [-0.15, -0.1) is 0 Å². The summed E-state index contributed by atoms with van der Waals surface area (Å²) in [6.45, 7) is 21.4. The lowest BCUT2D eigenvalue weighted by atomic mass is 10.5. The molecule has 4 heteroatoms. The van der Waals surface area contributed by atoms with E-state index in [-0.39, 0.29) is 0 Å². The number of hydrogen-bond donors (Lipinski definition) is 0. The van der Waals surface area contributed by atoms with Gasteiger partial charge in [0, 0.05) is 6.61 Å². The molecule has 0 spiro atoms. The molecule has 0 saturated heterocycles. The molecule has 2 nitrogen and oxygen atoms in total. The molecule has 0 aliphatic carbocycles. The van der Waals surface area contributed by atoms with Crippen LogP contribution in [0.4, 0.5) is 0 Å². The van der Waals surface area contributed by atoms with E-state index in [1.165, 1.54) is 0 Å². The maximum Gasteiger partial charge on any atom is 0.210 e. The normalized spacial score (nSPS) is 14.0. The van der Waals surface area contributed by atoms with E-state index < -0.39 is 16.6 Å². The molecule has 0 amide bonds. The van der Waals surface area contributed by atoms with Crippen molar-refractivity contribution >= 4 is 16.6 Å². The van der Waals surface area contributed by atoms with Crippen molar-refractivity contribution in [1.82, 2.24) is 0 Å². The van der Waals surface area contributed by atoms with Gasteiger partial charge in [0.1, 0.15) is 0 Å². The van der Waals surface area contributed by atoms with Gasteiger partial charge >= 0.3 is 0 Å². The Hall–Kier alpha value is 0.354. The summed E-state index contributed by atoms with van der Waals surface area (Å²) >= 11 is 0. The average molecular weight is 291 g/mol. The van der Waals surface area contributed by atoms with E-state index in [0.717, 1.165) is 12.8 Å². The minimum Gasteiger partial charge on any atom is -0.416 e. The number of hydrogen-bond acceptors (Lipinski definition) is 2. The van der Waals surface area contributed by atoms with Crippen LogP contribution in [0, 0.1) is 0 Å². The molecule has 0 N–H and O–H groups in total. The summed E-state index contributed by atoms with van der Waals surface area (Å²) < 4.78 is 12.5. The van der Waals surface area contributed by atoms with Crippen molar-refractivity contribution in [1.29, 1.82) is 0 Å². The molecule has 110 valence electrons. The van der Waals surface area contributed by atoms with Gasteiger partial charge in [-0.2, -0.15) is 0 Å². The molecule has 0 saturated carbocycles. The summed E-state index contributed by atoms with van der Waals surface area (Å²) in [4.78, 5) is 0. The molecule has 0 radical (unpaired) electrons. The lowest BCUT2D eigenvalue weighted by molar-refractivity contribution is 0.267. The molecule has 0 fully saturated rings. The first-order chi connectivity index (χ1) is 8.10. The first-order valence-corrected chi connectivity index (χ1v) is 12.6. The van der Waals surface area contributed by atoms with Gasteiger partial charge in [0.05, 0.1) is 6.23 Å². The molecule has 0 unspecified atom stereocenters. The molecule has 0 aromatic carbocycles. The van der Waals surface area contributed by atoms with Crippen molar-refractivity contribution in [3.63, 3.8) is 0 Å². The van der Waals surface area contributed by atoms with Crippen molar-refractivity contribution in [3.05, 3.63) is 0 Å². The van der Waals surface area contributed by atoms with Crippen molar-refractivity contribution in [3.8, 4) is 0 Å². The van der Waals surface area contributed by atoms with Crippen LogP contribution in [0.25, 0.3) is 0 Å². The molecule has 0 bridgehead atoms. The summed E-state index contributed by atoms with van der Waals surface area (Å²) in [5.41, 5.74) is 1.97. The van der Waals surface area contributed by atoms with E-state index in [4.69, 9.17) is 8.85 Å². The van der Waals surface area contributed by atoms with Gasteiger partial charge < -0.3 is 8.85 Å². The minimum atomic E-state index is -1.71. The summed E-state index contributed by atoms with van der Waals surface area (Å²) in [5.74, 6) is 0. The van der Waals surface area contributed by atoms with E-state index in [2.05, 4.69) is 61.6 Å². The Morgan fingerprint density at radius 3 is 1.44 bits per heavy atom. The quantitative estimate of drug-likeness (QED) is 0.588. The van der Waals surface area contributed by atoms with Gasteiger partial charge in [0.25, 0.3) is 0 Å². The average Bonchev–Trinajstić information content (AvgIpc) is 2.15. The zero-order chi connectivity index (χ0) is 14.6. The summed E-state index contributed by atoms with van der Waals surface area (Å²) in [7, 11) is -3.35. The molecule has 0 aromatic heterocycles. The lowest BCUT2D eigenvalue weighted by Crippen LogP contribution is -2.52. The van der Waals surface area contributed by atoms with Gasteiger partial charge in [-0.3, -0.25) is 0 Å². The zero-order valence-corrected chi connectivity index (χ0v) is 16.0. The molecule has 0 heterocycles. The van der Waals surface area contributed by atoms with Crippen LogP contribution in [0.5, 0.6) is 0 Å². The SMILES string of the molecule is CCO[Si](C)(C)CO[Si](C(C)C)(C(C)C)C(C)C. The van der Waals surface area contributed by atoms with Crippen LogP contribution >= 0.6 is 0 Å². The second kappa shape index (κ2) is 7.22. The van der Waals surface area contributed by atoms with Crippen LogP contribution in [0.1, 0.15) is 48.5 Å². The third kappa shape index (κ3) is 4.47. The predicted octanol–water partition coefficient (Wildman–Crippen LogP) is 4.96. The molecule has 0 atom stereocenters. The smallest absolute Gasteiger partial charge is 0.210 e. The first-order valence-electron chi connectivity index (χ1n) is 7.38. The highest BCUT2D eigenvalue weighted by Gasteiger charge is 2.46. The third-order valence-electron chi connectivity index (χ3n) is 3.91. The van der Waals surface area contributed by atoms with E-state index in [1.807, 2.05) is 0 Å². The zero-order valence-electron chi connectivity index (χ0n) is 14.0. The Bertz CT molecular complexity index is 216. The Morgan fingerprint density at radius 2 is 1.17 bits per heavy atom. The minimum absolute atomic E-state index is 0.656. The van der Waals surface area contributed by atoms with Gasteiger partial charge in [0.15, 0.2) is 8.32 Å². The van der Waals surface area contributed by atoms with Crippen molar-refractivity contribution in [2.24, 2.45) is 0 Å². The second-order valence-corrected chi connectivity index (χ2v) is 16.4. The Balaban J connectivity index is 4.92. The van der Waals surface area contributed by atoms with Gasteiger partial charge in [-0.25, -0.2) is 0 Å². The fourth-order valence-corrected chi connectivity index (χ4v) is 11.5. The summed E-state index contributed by atoms with van der Waals surface area (Å²) in [6.07, 6.45) is 0.849. The molecule has 0 rings (SSSR count). The third-order valence-corrected chi connectivity index (χ3v) is 12.2. The van der Waals surface area contributed by atoms with E-state index in [9.17, 15) is 0 Å². The molecule has 0 aliphatic rings. The molecular formula is C14H34O2Si2. The highest BCUT2D eigenvalue weighted by Crippen LogP contribution is 2.42. The van der Waals surface area contributed by atoms with Crippen molar-refractivity contribution in [2.75, 3.05) is 12.8 Å². The monoisotopic (exact) mass is 290 g/mol. The standard InChI is InChI=1S/C14H34O2Si2/c1-10-15-17(8,9)11-16-18(12(2)3,13(4)5)14(6)7/h12-14H,10-11H2,1-9H3. The van der Waals surface area contributed by atoms with Crippen LogP contribution in [0.15, 0.2) is 0 Å². The topological polar surface area (TPSA) is 18.5 Å². The Kier molecular flexibility index (Phi) is 7.36. The maximum atomic E-state index is 6.61. The summed E-state index contributed by atoms with van der Waals surface area (Å²) in [6, 6.07) is 0. The number of rotatable bonds is 8. The predicted molar refractivity (Wildman–Crippen MR) is 86.1 cm³/mol. The van der Waals surface area contributed by atoms with Crippen LogP contribution < -0.4 is 0 Å². The van der Waals surface area contributed by atoms with E-state index in [0.29, 0.717) is 16.6 Å².